The number of hydrogen-bond acceptors (Lipinski definition) is 5. The summed E-state index contributed by atoms with van der Waals surface area (Å²) in [7, 11) is 0. The molecule has 1 fully saturated rings. The molecule has 1 aromatic heterocycles. The second-order valence-electron chi connectivity index (χ2n) is 4.28. The van der Waals surface area contributed by atoms with E-state index in [0.29, 0.717) is 19.7 Å². The molecule has 0 unspecified atom stereocenters. The summed E-state index contributed by atoms with van der Waals surface area (Å²) in [6.45, 7) is 2.05. The molecule has 2 rings (SSSR count). The van der Waals surface area contributed by atoms with Gasteiger partial charge in [0, 0.05) is 19.3 Å². The van der Waals surface area contributed by atoms with E-state index in [4.69, 9.17) is 9.84 Å². The molecule has 7 heteroatoms. The van der Waals surface area contributed by atoms with E-state index < -0.39 is 0 Å². The smallest absolute Gasteiger partial charge is 0.244 e. The summed E-state index contributed by atoms with van der Waals surface area (Å²) in [4.78, 5) is 13.8. The topological polar surface area (TPSA) is 80.5 Å². The van der Waals surface area contributed by atoms with Crippen molar-refractivity contribution < 1.29 is 14.6 Å². The number of ether oxygens (including phenoxy) is 1. The molecule has 0 radical (unpaired) electrons. The standard InChI is InChI=1S/C11H18N4O3/c16-7-8-18-10-1-4-14(5-2-10)11(17)9-15-6-3-12-13-15/h3,6,10,16H,1-2,4-5,7-9H2. The zero-order chi connectivity index (χ0) is 12.8. The van der Waals surface area contributed by atoms with Crippen LogP contribution in [0.25, 0.3) is 0 Å². The largest absolute Gasteiger partial charge is 0.394 e. The highest BCUT2D eigenvalue weighted by molar-refractivity contribution is 5.75. The van der Waals surface area contributed by atoms with Crippen molar-refractivity contribution in [1.82, 2.24) is 19.9 Å². The van der Waals surface area contributed by atoms with Gasteiger partial charge in [0.15, 0.2) is 0 Å². The lowest BCUT2D eigenvalue weighted by Gasteiger charge is -2.31. The van der Waals surface area contributed by atoms with Crippen LogP contribution in [0.15, 0.2) is 12.4 Å². The lowest BCUT2D eigenvalue weighted by atomic mass is 10.1. The van der Waals surface area contributed by atoms with Crippen molar-refractivity contribution in [1.29, 1.82) is 0 Å². The Bertz CT molecular complexity index is 360. The highest BCUT2D eigenvalue weighted by Crippen LogP contribution is 2.13. The number of hydrogen-bond donors (Lipinski definition) is 1. The Labute approximate surface area is 105 Å². The first-order chi connectivity index (χ1) is 8.79. The van der Waals surface area contributed by atoms with Crippen molar-refractivity contribution in [2.75, 3.05) is 26.3 Å². The maximum atomic E-state index is 11.9. The quantitative estimate of drug-likeness (QED) is 0.750. The molecule has 0 spiro atoms. The molecule has 1 aliphatic heterocycles. The molecule has 0 bridgehead atoms. The highest BCUT2D eigenvalue weighted by Gasteiger charge is 2.23. The molecule has 18 heavy (non-hydrogen) atoms. The SMILES string of the molecule is O=C(Cn1ccnn1)N1CCC(OCCO)CC1. The van der Waals surface area contributed by atoms with Crippen LogP contribution < -0.4 is 0 Å². The zero-order valence-electron chi connectivity index (χ0n) is 10.2. The minimum Gasteiger partial charge on any atom is -0.394 e. The number of aromatic nitrogens is 3. The minimum absolute atomic E-state index is 0.0471. The highest BCUT2D eigenvalue weighted by atomic mass is 16.5. The molecular formula is C11H18N4O3. The van der Waals surface area contributed by atoms with E-state index in [9.17, 15) is 4.79 Å². The van der Waals surface area contributed by atoms with E-state index in [1.807, 2.05) is 4.90 Å². The Balaban J connectivity index is 1.73. The number of likely N-dealkylation sites (tertiary alicyclic amines) is 1. The average Bonchev–Trinajstić information content (AvgIpc) is 2.89. The molecule has 0 atom stereocenters. The summed E-state index contributed by atoms with van der Waals surface area (Å²) < 4.78 is 6.98. The fourth-order valence-electron chi connectivity index (χ4n) is 2.05. The third-order valence-electron chi connectivity index (χ3n) is 3.01. The van der Waals surface area contributed by atoms with Gasteiger partial charge in [-0.05, 0) is 12.8 Å². The van der Waals surface area contributed by atoms with Crippen LogP contribution in [0.1, 0.15) is 12.8 Å². The molecule has 0 saturated carbocycles. The van der Waals surface area contributed by atoms with Crippen molar-refractivity contribution >= 4 is 5.91 Å². The molecule has 1 aromatic rings. The van der Waals surface area contributed by atoms with E-state index in [1.165, 1.54) is 4.68 Å². The Morgan fingerprint density at radius 3 is 2.83 bits per heavy atom. The van der Waals surface area contributed by atoms with Crippen molar-refractivity contribution in [3.8, 4) is 0 Å². The molecule has 100 valence electrons. The summed E-state index contributed by atoms with van der Waals surface area (Å²) in [5, 5.41) is 16.1. The maximum Gasteiger partial charge on any atom is 0.244 e. The number of aliphatic hydroxyl groups excluding tert-OH is 1. The summed E-state index contributed by atoms with van der Waals surface area (Å²) >= 11 is 0. The first-order valence-electron chi connectivity index (χ1n) is 6.14. The van der Waals surface area contributed by atoms with Crippen LogP contribution in [0.3, 0.4) is 0 Å². The Hall–Kier alpha value is -1.47. The molecule has 1 N–H and O–H groups in total. The number of rotatable bonds is 5. The molecule has 7 nitrogen and oxygen atoms in total. The number of carbonyl (C=O) groups excluding carboxylic acids is 1. The predicted octanol–water partition coefficient (Wildman–Crippen LogP) is -0.722. The van der Waals surface area contributed by atoms with E-state index in [-0.39, 0.29) is 25.2 Å². The van der Waals surface area contributed by atoms with E-state index in [2.05, 4.69) is 10.3 Å². The van der Waals surface area contributed by atoms with Gasteiger partial charge in [0.25, 0.3) is 0 Å². The van der Waals surface area contributed by atoms with Crippen LogP contribution in [0.5, 0.6) is 0 Å². The third-order valence-corrected chi connectivity index (χ3v) is 3.01. The van der Waals surface area contributed by atoms with Gasteiger partial charge >= 0.3 is 0 Å². The van der Waals surface area contributed by atoms with Crippen molar-refractivity contribution in [3.63, 3.8) is 0 Å². The lowest BCUT2D eigenvalue weighted by molar-refractivity contribution is -0.134. The van der Waals surface area contributed by atoms with E-state index >= 15 is 0 Å². The normalized spacial score (nSPS) is 17.1. The number of aliphatic hydroxyl groups is 1. The van der Waals surface area contributed by atoms with Crippen LogP contribution in [0.4, 0.5) is 0 Å². The molecule has 1 aliphatic rings. The van der Waals surface area contributed by atoms with Crippen molar-refractivity contribution in [2.45, 2.75) is 25.5 Å². The molecule has 0 aliphatic carbocycles. The number of carbonyl (C=O) groups is 1. The second-order valence-corrected chi connectivity index (χ2v) is 4.28. The third kappa shape index (κ3) is 3.51. The van der Waals surface area contributed by atoms with Gasteiger partial charge in [-0.1, -0.05) is 5.21 Å². The number of nitrogens with zero attached hydrogens (tertiary/aromatic N) is 4. The van der Waals surface area contributed by atoms with Gasteiger partial charge < -0.3 is 14.7 Å². The lowest BCUT2D eigenvalue weighted by Crippen LogP contribution is -2.42. The van der Waals surface area contributed by atoms with Crippen LogP contribution in [-0.4, -0.2) is 63.3 Å². The fourth-order valence-corrected chi connectivity index (χ4v) is 2.05. The summed E-state index contributed by atoms with van der Waals surface area (Å²) in [6.07, 6.45) is 5.04. The van der Waals surface area contributed by atoms with Crippen LogP contribution in [-0.2, 0) is 16.1 Å². The van der Waals surface area contributed by atoms with Crippen LogP contribution in [0.2, 0.25) is 0 Å². The van der Waals surface area contributed by atoms with Gasteiger partial charge in [0.05, 0.1) is 25.5 Å². The average molecular weight is 254 g/mol. The van der Waals surface area contributed by atoms with Crippen LogP contribution >= 0.6 is 0 Å². The molecular weight excluding hydrogens is 236 g/mol. The van der Waals surface area contributed by atoms with Gasteiger partial charge in [-0.2, -0.15) is 0 Å². The van der Waals surface area contributed by atoms with Gasteiger partial charge in [-0.15, -0.1) is 5.10 Å². The second kappa shape index (κ2) is 6.46. The Kier molecular flexibility index (Phi) is 4.66. The first-order valence-corrected chi connectivity index (χ1v) is 6.14. The number of amides is 1. The molecule has 2 heterocycles. The molecule has 1 amide bonds. The van der Waals surface area contributed by atoms with Crippen molar-refractivity contribution in [3.05, 3.63) is 12.4 Å². The first kappa shape index (κ1) is 13.0. The Morgan fingerprint density at radius 2 is 2.22 bits per heavy atom. The number of piperidine rings is 1. The Morgan fingerprint density at radius 1 is 1.44 bits per heavy atom. The van der Waals surface area contributed by atoms with Crippen LogP contribution in [0, 0.1) is 0 Å². The molecule has 1 saturated heterocycles. The summed E-state index contributed by atoms with van der Waals surface area (Å²) in [5.41, 5.74) is 0. The van der Waals surface area contributed by atoms with E-state index in [0.717, 1.165) is 12.8 Å². The maximum absolute atomic E-state index is 11.9. The molecule has 0 aromatic carbocycles. The predicted molar refractivity (Wildman–Crippen MR) is 62.7 cm³/mol. The van der Waals surface area contributed by atoms with Gasteiger partial charge in [-0.25, -0.2) is 4.68 Å². The monoisotopic (exact) mass is 254 g/mol. The van der Waals surface area contributed by atoms with Gasteiger partial charge in [0.1, 0.15) is 6.54 Å². The minimum atomic E-state index is 0.0471. The summed E-state index contributed by atoms with van der Waals surface area (Å²) in [6, 6.07) is 0. The van der Waals surface area contributed by atoms with Gasteiger partial charge in [-0.3, -0.25) is 4.79 Å². The van der Waals surface area contributed by atoms with Crippen molar-refractivity contribution in [2.24, 2.45) is 0 Å². The zero-order valence-corrected chi connectivity index (χ0v) is 10.2. The summed E-state index contributed by atoms with van der Waals surface area (Å²) in [5.74, 6) is 0.0566. The van der Waals surface area contributed by atoms with Gasteiger partial charge in [0.2, 0.25) is 5.91 Å². The van der Waals surface area contributed by atoms with E-state index in [1.54, 1.807) is 12.4 Å². The fraction of sp³-hybridized carbons (Fsp3) is 0.727.